The summed E-state index contributed by atoms with van der Waals surface area (Å²) >= 11 is 0. The molecule has 0 amide bonds. The maximum atomic E-state index is 10.6. The molecule has 0 aromatic carbocycles. The molecule has 0 N–H and O–H groups in total. The summed E-state index contributed by atoms with van der Waals surface area (Å²) in [6.07, 6.45) is 1.93. The Morgan fingerprint density at radius 1 is 1.27 bits per heavy atom. The zero-order valence-electron chi connectivity index (χ0n) is 6.96. The molecular weight excluding hydrogens is 148 g/mol. The van der Waals surface area contributed by atoms with Gasteiger partial charge in [-0.05, 0) is 17.9 Å². The Labute approximate surface area is 66.3 Å². The van der Waals surface area contributed by atoms with Crippen LogP contribution < -0.4 is 0 Å². The van der Waals surface area contributed by atoms with Crippen LogP contribution in [-0.4, -0.2) is 12.6 Å². The summed E-state index contributed by atoms with van der Waals surface area (Å²) < 4.78 is 0. The third kappa shape index (κ3) is 7.29. The largest absolute Gasteiger partial charge is 0.345 e. The highest BCUT2D eigenvalue weighted by Crippen LogP contribution is 1.92. The van der Waals surface area contributed by atoms with Gasteiger partial charge in [-0.2, -0.15) is 4.89 Å². The van der Waals surface area contributed by atoms with E-state index in [1.54, 1.807) is 0 Å². The van der Waals surface area contributed by atoms with Gasteiger partial charge >= 0.3 is 5.97 Å². The van der Waals surface area contributed by atoms with Crippen molar-refractivity contribution in [2.75, 3.05) is 6.61 Å². The lowest BCUT2D eigenvalue weighted by atomic mass is 10.3. The Balaban J connectivity index is 3.04. The van der Waals surface area contributed by atoms with Gasteiger partial charge in [0.1, 0.15) is 0 Å². The highest BCUT2D eigenvalue weighted by atomic mass is 17.5. The molecule has 66 valence electrons. The topological polar surface area (TPSA) is 44.8 Å². The number of carbonyl (C=O) groups excluding carboxylic acids is 1. The molecule has 0 rings (SSSR count). The van der Waals surface area contributed by atoms with Crippen LogP contribution >= 0.6 is 0 Å². The minimum Gasteiger partial charge on any atom is -0.269 e. The Kier molecular flexibility index (Phi) is 7.08. The number of hydrogen-bond acceptors (Lipinski definition) is 4. The zero-order chi connectivity index (χ0) is 8.53. The van der Waals surface area contributed by atoms with Gasteiger partial charge in [0.15, 0.2) is 0 Å². The molecule has 11 heavy (non-hydrogen) atoms. The number of rotatable bonds is 6. The van der Waals surface area contributed by atoms with Crippen LogP contribution in [0.3, 0.4) is 0 Å². The minimum atomic E-state index is -0.399. The maximum absolute atomic E-state index is 10.6. The first-order valence-corrected chi connectivity index (χ1v) is 3.80. The molecular formula is C7H14O4. The molecule has 4 heteroatoms. The third-order valence-electron chi connectivity index (χ3n) is 0.917. The van der Waals surface area contributed by atoms with Crippen LogP contribution in [0.15, 0.2) is 0 Å². The molecule has 0 spiro atoms. The van der Waals surface area contributed by atoms with E-state index in [-0.39, 0.29) is 0 Å². The van der Waals surface area contributed by atoms with E-state index in [1.165, 1.54) is 0 Å². The highest BCUT2D eigenvalue weighted by molar-refractivity contribution is 5.68. The zero-order valence-corrected chi connectivity index (χ0v) is 6.96. The first-order chi connectivity index (χ1) is 5.31. The smallest absolute Gasteiger partial charge is 0.269 e. The first-order valence-electron chi connectivity index (χ1n) is 3.80. The molecule has 0 heterocycles. The normalized spacial score (nSPS) is 9.64. The summed E-state index contributed by atoms with van der Waals surface area (Å²) in [6.45, 7) is 4.24. The molecule has 4 nitrogen and oxygen atoms in total. The average molecular weight is 162 g/mol. The van der Waals surface area contributed by atoms with Gasteiger partial charge in [0, 0.05) is 6.42 Å². The first kappa shape index (κ1) is 10.4. The van der Waals surface area contributed by atoms with E-state index < -0.39 is 5.97 Å². The summed E-state index contributed by atoms with van der Waals surface area (Å²) in [5.41, 5.74) is 0. The van der Waals surface area contributed by atoms with Crippen molar-refractivity contribution in [3.8, 4) is 0 Å². The van der Waals surface area contributed by atoms with Crippen LogP contribution in [0.1, 0.15) is 33.1 Å². The van der Waals surface area contributed by atoms with Crippen molar-refractivity contribution >= 4 is 5.97 Å². The average Bonchev–Trinajstić information content (AvgIpc) is 1.99. The lowest BCUT2D eigenvalue weighted by Crippen LogP contribution is -2.05. The van der Waals surface area contributed by atoms with E-state index in [4.69, 9.17) is 0 Å². The van der Waals surface area contributed by atoms with Crippen molar-refractivity contribution in [1.29, 1.82) is 0 Å². The van der Waals surface area contributed by atoms with Crippen LogP contribution in [0.2, 0.25) is 0 Å². The van der Waals surface area contributed by atoms with Crippen molar-refractivity contribution in [3.63, 3.8) is 0 Å². The molecule has 0 fully saturated rings. The molecule has 0 aromatic rings. The highest BCUT2D eigenvalue weighted by Gasteiger charge is 2.00. The van der Waals surface area contributed by atoms with Crippen LogP contribution in [0.4, 0.5) is 0 Å². The molecule has 0 aliphatic heterocycles. The Bertz CT molecular complexity index is 103. The Morgan fingerprint density at radius 3 is 2.55 bits per heavy atom. The second-order valence-electron chi connectivity index (χ2n) is 2.10. The lowest BCUT2D eigenvalue weighted by molar-refractivity contribution is -0.486. The van der Waals surface area contributed by atoms with Gasteiger partial charge in [-0.1, -0.05) is 13.8 Å². The van der Waals surface area contributed by atoms with Crippen LogP contribution in [-0.2, 0) is 19.6 Å². The van der Waals surface area contributed by atoms with Crippen LogP contribution in [0, 0.1) is 0 Å². The summed E-state index contributed by atoms with van der Waals surface area (Å²) in [5.74, 6) is -0.399. The second-order valence-corrected chi connectivity index (χ2v) is 2.10. The van der Waals surface area contributed by atoms with E-state index in [9.17, 15) is 4.79 Å². The van der Waals surface area contributed by atoms with Gasteiger partial charge in [-0.15, -0.1) is 0 Å². The fraction of sp³-hybridized carbons (Fsp3) is 0.857. The van der Waals surface area contributed by atoms with Crippen LogP contribution in [0.25, 0.3) is 0 Å². The monoisotopic (exact) mass is 162 g/mol. The van der Waals surface area contributed by atoms with Crippen LogP contribution in [0.5, 0.6) is 0 Å². The van der Waals surface area contributed by atoms with E-state index in [0.717, 1.165) is 12.8 Å². The molecule has 0 atom stereocenters. The number of carbonyl (C=O) groups is 1. The van der Waals surface area contributed by atoms with Gasteiger partial charge < -0.3 is 0 Å². The van der Waals surface area contributed by atoms with Crippen molar-refractivity contribution in [2.24, 2.45) is 0 Å². The minimum absolute atomic E-state index is 0.357. The molecule has 0 aromatic heterocycles. The van der Waals surface area contributed by atoms with Gasteiger partial charge in [0.2, 0.25) is 0 Å². The fourth-order valence-electron chi connectivity index (χ4n) is 0.425. The number of hydrogen-bond donors (Lipinski definition) is 0. The predicted octanol–water partition coefficient (Wildman–Crippen LogP) is 1.60. The van der Waals surface area contributed by atoms with E-state index >= 15 is 0 Å². The van der Waals surface area contributed by atoms with E-state index in [0.29, 0.717) is 13.0 Å². The van der Waals surface area contributed by atoms with E-state index in [2.05, 4.69) is 14.8 Å². The summed E-state index contributed by atoms with van der Waals surface area (Å²) in [4.78, 5) is 19.3. The lowest BCUT2D eigenvalue weighted by Gasteiger charge is -1.99. The summed E-state index contributed by atoms with van der Waals surface area (Å²) in [5, 5.41) is 4.14. The van der Waals surface area contributed by atoms with Crippen molar-refractivity contribution in [2.45, 2.75) is 33.1 Å². The Morgan fingerprint density at radius 2 is 2.00 bits per heavy atom. The fourth-order valence-corrected chi connectivity index (χ4v) is 0.425. The quantitative estimate of drug-likeness (QED) is 0.338. The molecule has 0 radical (unpaired) electrons. The molecule has 0 aliphatic rings. The van der Waals surface area contributed by atoms with Crippen molar-refractivity contribution in [3.05, 3.63) is 0 Å². The van der Waals surface area contributed by atoms with Gasteiger partial charge in [-0.3, -0.25) is 4.89 Å². The van der Waals surface area contributed by atoms with E-state index in [1.807, 2.05) is 13.8 Å². The summed E-state index contributed by atoms with van der Waals surface area (Å²) in [7, 11) is 0. The third-order valence-corrected chi connectivity index (χ3v) is 0.917. The van der Waals surface area contributed by atoms with Gasteiger partial charge in [-0.25, -0.2) is 4.79 Å². The second kappa shape index (κ2) is 7.50. The van der Waals surface area contributed by atoms with Crippen molar-refractivity contribution in [1.82, 2.24) is 0 Å². The predicted molar refractivity (Wildman–Crippen MR) is 38.3 cm³/mol. The molecule has 0 bridgehead atoms. The molecule has 0 saturated carbocycles. The van der Waals surface area contributed by atoms with Crippen molar-refractivity contribution < 1.29 is 19.6 Å². The molecule has 0 aliphatic carbocycles. The molecule has 0 saturated heterocycles. The van der Waals surface area contributed by atoms with Gasteiger partial charge in [0.25, 0.3) is 0 Å². The summed E-state index contributed by atoms with van der Waals surface area (Å²) in [6, 6.07) is 0. The SMILES string of the molecule is CCCOOOC(=O)CCC. The Hall–Kier alpha value is -0.610. The maximum Gasteiger partial charge on any atom is 0.345 e. The molecule has 0 unspecified atom stereocenters. The standard InChI is InChI=1S/C7H14O4/c1-3-5-7(8)10-11-9-6-4-2/h3-6H2,1-2H3. The van der Waals surface area contributed by atoms with Gasteiger partial charge in [0.05, 0.1) is 6.61 Å².